The highest BCUT2D eigenvalue weighted by Gasteiger charge is 2.26. The van der Waals surface area contributed by atoms with Gasteiger partial charge in [-0.2, -0.15) is 44.0 Å². The SMILES string of the molecule is COc1cc2c(cc1S(=O)(=O)O)nc1c(C#N)c(C)c(N=Nc3cc(NC(C)=O)c(N=Nc4cc(NC(C)=O)c(N=Nc5cc(NC(C)=O)c(N=Nc6ccc(Cl)c(C(=O)O)c6)cc5SCCCS(=O)(=O)O)cc4SCCCS(=O)(=O)O)cc3OCCCS(=O)(=O)O)c(O)n12. The number of amides is 3. The van der Waals surface area contributed by atoms with Crippen molar-refractivity contribution < 1.29 is 90.7 Å². The van der Waals surface area contributed by atoms with Gasteiger partial charge in [0.25, 0.3) is 40.5 Å². The number of aromatic hydroxyl groups is 1. The molecule has 34 nitrogen and oxygen atoms in total. The predicted octanol–water partition coefficient (Wildman–Crippen LogP) is 11.9. The number of hydrogen-bond acceptors (Lipinski definition) is 27. The van der Waals surface area contributed by atoms with Crippen LogP contribution in [0.4, 0.5) is 62.6 Å². The Morgan fingerprint density at radius 1 is 0.632 bits per heavy atom. The number of rotatable bonds is 29. The fraction of sp³-hybridized carbons (Fsp3) is 0.259. The lowest BCUT2D eigenvalue weighted by atomic mass is 10.1. The minimum atomic E-state index is -4.87. The van der Waals surface area contributed by atoms with Gasteiger partial charge in [0.15, 0.2) is 11.3 Å². The van der Waals surface area contributed by atoms with Crippen molar-refractivity contribution in [3.8, 4) is 23.4 Å². The summed E-state index contributed by atoms with van der Waals surface area (Å²) in [5, 5.41) is 74.2. The van der Waals surface area contributed by atoms with E-state index in [1.54, 1.807) is 0 Å². The lowest BCUT2D eigenvalue weighted by Crippen LogP contribution is -2.09. The van der Waals surface area contributed by atoms with Crippen LogP contribution in [0.15, 0.2) is 122 Å². The highest BCUT2D eigenvalue weighted by atomic mass is 35.5. The topological polar surface area (TPSA) is 521 Å². The summed E-state index contributed by atoms with van der Waals surface area (Å²) >= 11 is 8.03. The summed E-state index contributed by atoms with van der Waals surface area (Å²) in [6.45, 7) is 4.42. The second kappa shape index (κ2) is 30.9. The summed E-state index contributed by atoms with van der Waals surface area (Å²) in [6.07, 6.45) is -0.515. The molecule has 0 bridgehead atoms. The quantitative estimate of drug-likeness (QED) is 0.00910. The van der Waals surface area contributed by atoms with Gasteiger partial charge >= 0.3 is 5.97 Å². The number of ether oxygens (including phenoxy) is 2. The molecule has 3 amide bonds. The number of methoxy groups -OCH3 is 1. The van der Waals surface area contributed by atoms with Crippen LogP contribution in [-0.2, 0) is 54.9 Å². The van der Waals surface area contributed by atoms with Gasteiger partial charge < -0.3 is 35.6 Å². The molecular weight excluding hydrogens is 1390 g/mol. The molecule has 0 aliphatic rings. The molecule has 0 unspecified atom stereocenters. The fourth-order valence-electron chi connectivity index (χ4n) is 8.45. The van der Waals surface area contributed by atoms with Crippen LogP contribution in [0.3, 0.4) is 0 Å². The van der Waals surface area contributed by atoms with E-state index in [0.29, 0.717) is 0 Å². The predicted molar refractivity (Wildman–Crippen MR) is 348 cm³/mol. The van der Waals surface area contributed by atoms with Gasteiger partial charge in [0.2, 0.25) is 23.6 Å². The van der Waals surface area contributed by atoms with Crippen LogP contribution in [0, 0.1) is 18.3 Å². The summed E-state index contributed by atoms with van der Waals surface area (Å²) < 4.78 is 145. The fourth-order valence-corrected chi connectivity index (χ4v) is 13.1. The van der Waals surface area contributed by atoms with Crippen LogP contribution in [0.5, 0.6) is 17.4 Å². The Hall–Kier alpha value is -9.15. The maximum absolute atomic E-state index is 12.9. The molecule has 0 spiro atoms. The van der Waals surface area contributed by atoms with Crippen molar-refractivity contribution >= 4 is 179 Å². The van der Waals surface area contributed by atoms with E-state index in [1.807, 2.05) is 6.07 Å². The summed E-state index contributed by atoms with van der Waals surface area (Å²) in [6, 6.07) is 15.6. The van der Waals surface area contributed by atoms with Gasteiger partial charge in [-0.05, 0) is 92.3 Å². The molecule has 502 valence electrons. The third-order valence-electron chi connectivity index (χ3n) is 12.5. The zero-order chi connectivity index (χ0) is 69.9. The van der Waals surface area contributed by atoms with E-state index in [0.717, 1.165) is 67.1 Å². The Kier molecular flexibility index (Phi) is 23.9. The number of fused-ring (bicyclic) bond motifs is 3. The second-order valence-electron chi connectivity index (χ2n) is 19.8. The molecule has 0 atom stereocenters. The first kappa shape index (κ1) is 73.3. The number of carbonyl (C=O) groups is 4. The number of aromatic nitrogens is 2. The molecule has 5 aromatic carbocycles. The molecule has 7 aromatic rings. The molecule has 0 saturated carbocycles. The summed E-state index contributed by atoms with van der Waals surface area (Å²) in [5.74, 6) is -6.63. The van der Waals surface area contributed by atoms with Crippen molar-refractivity contribution in [1.29, 1.82) is 5.26 Å². The molecular formula is C54H53ClN14O20S6. The number of nitriles is 1. The molecule has 2 aromatic heterocycles. The molecule has 95 heavy (non-hydrogen) atoms. The average Bonchev–Trinajstić information content (AvgIpc) is 1.58. The summed E-state index contributed by atoms with van der Waals surface area (Å²) in [4.78, 5) is 54.2. The normalized spacial score (nSPS) is 12.3. The number of nitrogens with zero attached hydrogens (tertiary/aromatic N) is 11. The van der Waals surface area contributed by atoms with Crippen molar-refractivity contribution in [2.75, 3.05) is 58.4 Å². The van der Waals surface area contributed by atoms with Gasteiger partial charge in [-0.15, -0.1) is 59.3 Å². The number of anilines is 3. The number of carbonyl (C=O) groups excluding carboxylic acids is 3. The van der Waals surface area contributed by atoms with Crippen molar-refractivity contribution in [3.63, 3.8) is 0 Å². The monoisotopic (exact) mass is 1440 g/mol. The van der Waals surface area contributed by atoms with Gasteiger partial charge in [0, 0.05) is 48.3 Å². The maximum Gasteiger partial charge on any atom is 0.337 e. The Labute approximate surface area is 553 Å². The van der Waals surface area contributed by atoms with Crippen LogP contribution in [0.25, 0.3) is 16.7 Å². The zero-order valence-electron chi connectivity index (χ0n) is 49.9. The number of halogens is 1. The molecule has 0 fully saturated rings. The van der Waals surface area contributed by atoms with Crippen LogP contribution in [0.1, 0.15) is 61.5 Å². The lowest BCUT2D eigenvalue weighted by Gasteiger charge is -2.14. The molecule has 0 saturated heterocycles. The van der Waals surface area contributed by atoms with E-state index in [9.17, 15) is 86.5 Å². The number of pyridine rings is 1. The Morgan fingerprint density at radius 3 is 1.58 bits per heavy atom. The first-order valence-electron chi connectivity index (χ1n) is 27.0. The lowest BCUT2D eigenvalue weighted by molar-refractivity contribution is -0.115. The molecule has 0 aliphatic carbocycles. The standard InChI is InChI=1S/C54H53ClN14O20S6/c1-27-33(26-56)52-60-41-24-50(95(85,86)87)47(88-5)25-45(41)69(52)53(73)51(27)68-65-42-18-35(57-28(2)70)38(21-46(42)89-11-6-14-92(76,77)78)63-66-43-20-37(59-30(4)72)40(23-49(43)91-13-8-16-94(82,83)84)64-67-44-19-36(58-29(3)71)39(22-48(44)90-12-7-15-93(79,80)81)62-61-31-9-10-34(55)32(17-31)54(74)75/h9-10,17-25,73H,6-8,11-16H2,1-5H3,(H,57,70)(H,58,71)(H,59,72)(H,74,75)(H,76,77,78)(H,79,80,81)(H,82,83,84)(H,85,86,87). The van der Waals surface area contributed by atoms with E-state index in [1.165, 1.54) is 62.4 Å². The number of imidazole rings is 1. The van der Waals surface area contributed by atoms with Crippen molar-refractivity contribution in [2.24, 2.45) is 40.9 Å². The second-order valence-corrected chi connectivity index (χ2v) is 28.6. The van der Waals surface area contributed by atoms with Crippen molar-refractivity contribution in [3.05, 3.63) is 88.4 Å². The Balaban J connectivity index is 1.38. The molecule has 0 aliphatic heterocycles. The summed E-state index contributed by atoms with van der Waals surface area (Å²) in [5.41, 5.74) is -1.94. The summed E-state index contributed by atoms with van der Waals surface area (Å²) in [7, 11) is -17.1. The van der Waals surface area contributed by atoms with Gasteiger partial charge in [-0.25, -0.2) is 9.78 Å². The van der Waals surface area contributed by atoms with Crippen molar-refractivity contribution in [2.45, 2.75) is 61.6 Å². The minimum Gasteiger partial charge on any atom is -0.495 e. The van der Waals surface area contributed by atoms with E-state index in [2.05, 4.69) is 61.8 Å². The van der Waals surface area contributed by atoms with Crippen LogP contribution >= 0.6 is 35.1 Å². The van der Waals surface area contributed by atoms with Crippen LogP contribution in [0.2, 0.25) is 5.02 Å². The molecule has 41 heteroatoms. The van der Waals surface area contributed by atoms with Gasteiger partial charge in [0.1, 0.15) is 62.2 Å². The van der Waals surface area contributed by atoms with Gasteiger partial charge in [0.05, 0.1) is 75.3 Å². The van der Waals surface area contributed by atoms with Crippen LogP contribution < -0.4 is 25.4 Å². The average molecular weight is 1450 g/mol. The smallest absolute Gasteiger partial charge is 0.337 e. The third-order valence-corrected chi connectivity index (χ3v) is 18.4. The number of carboxylic acid groups (broad SMARTS) is 1. The maximum atomic E-state index is 12.9. The third kappa shape index (κ3) is 20.2. The molecule has 7 rings (SSSR count). The van der Waals surface area contributed by atoms with E-state index in [-0.39, 0.29) is 153 Å². The highest BCUT2D eigenvalue weighted by Crippen LogP contribution is 2.47. The van der Waals surface area contributed by atoms with E-state index >= 15 is 0 Å². The van der Waals surface area contributed by atoms with Gasteiger partial charge in [-0.3, -0.25) is 37.0 Å². The number of thioether (sulfide) groups is 2. The number of benzene rings is 5. The minimum absolute atomic E-state index is 0.000495. The number of aromatic carboxylic acids is 1. The Morgan fingerprint density at radius 2 is 1.11 bits per heavy atom. The number of hydrogen-bond donors (Lipinski definition) is 9. The number of nitrogens with one attached hydrogen (secondary N) is 3. The highest BCUT2D eigenvalue weighted by molar-refractivity contribution is 7.99. The molecule has 2 heterocycles. The molecule has 9 N–H and O–H groups in total. The first-order chi connectivity index (χ1) is 44.5. The van der Waals surface area contributed by atoms with E-state index < -0.39 is 98.8 Å². The first-order valence-corrected chi connectivity index (χ1v) is 35.6. The number of carboxylic acids is 1. The zero-order valence-corrected chi connectivity index (χ0v) is 55.5. The Bertz CT molecular complexity index is 4910. The van der Waals surface area contributed by atoms with Crippen molar-refractivity contribution in [1.82, 2.24) is 9.38 Å². The largest absolute Gasteiger partial charge is 0.495 e. The number of azo groups is 4. The molecule has 0 radical (unpaired) electrons. The van der Waals surface area contributed by atoms with E-state index in [4.69, 9.17) is 21.1 Å². The van der Waals surface area contributed by atoms with Gasteiger partial charge in [-0.1, -0.05) is 11.6 Å². The van der Waals surface area contributed by atoms with Crippen LogP contribution in [-0.4, -0.2) is 138 Å².